The third kappa shape index (κ3) is 5.08. The second-order valence-corrected chi connectivity index (χ2v) is 6.08. The number of carbonyl (C=O) groups is 3. The van der Waals surface area contributed by atoms with Crippen LogP contribution in [0.15, 0.2) is 36.4 Å². The minimum atomic E-state index is -0.526. The van der Waals surface area contributed by atoms with Gasteiger partial charge >= 0.3 is 5.97 Å². The average molecular weight is 360 g/mol. The Morgan fingerprint density at radius 2 is 2.08 bits per heavy atom. The zero-order valence-corrected chi connectivity index (χ0v) is 15.2. The molecule has 0 aliphatic carbocycles. The van der Waals surface area contributed by atoms with Crippen LogP contribution >= 0.6 is 0 Å². The van der Waals surface area contributed by atoms with Gasteiger partial charge in [0.1, 0.15) is 5.75 Å². The molecular weight excluding hydrogens is 336 g/mol. The second kappa shape index (κ2) is 9.03. The van der Waals surface area contributed by atoms with Gasteiger partial charge in [-0.05, 0) is 26.0 Å². The van der Waals surface area contributed by atoms with Crippen LogP contribution in [-0.4, -0.2) is 55.5 Å². The number of hydrogen-bond acceptors (Lipinski definition) is 5. The molecule has 0 saturated heterocycles. The smallest absolute Gasteiger partial charge is 0.308 e. The molecule has 0 bridgehead atoms. The third-order valence-electron chi connectivity index (χ3n) is 3.90. The summed E-state index contributed by atoms with van der Waals surface area (Å²) in [6.45, 7) is 8.22. The first kappa shape index (κ1) is 19.5. The van der Waals surface area contributed by atoms with Crippen LogP contribution in [0.2, 0.25) is 0 Å². The van der Waals surface area contributed by atoms with Crippen molar-refractivity contribution >= 4 is 23.5 Å². The van der Waals surface area contributed by atoms with Crippen molar-refractivity contribution in [1.29, 1.82) is 0 Å². The molecule has 0 aromatic heterocycles. The number of amides is 2. The Bertz CT molecular complexity index is 701. The largest absolute Gasteiger partial charge is 0.482 e. The lowest BCUT2D eigenvalue weighted by Crippen LogP contribution is -2.40. The van der Waals surface area contributed by atoms with Gasteiger partial charge in [-0.15, -0.1) is 0 Å². The molecule has 0 radical (unpaired) electrons. The van der Waals surface area contributed by atoms with Gasteiger partial charge in [0.05, 0.1) is 12.1 Å². The van der Waals surface area contributed by atoms with Gasteiger partial charge in [-0.25, -0.2) is 0 Å². The minimum absolute atomic E-state index is 0.0000343. The Balaban J connectivity index is 1.84. The number of esters is 1. The van der Waals surface area contributed by atoms with E-state index >= 15 is 0 Å². The van der Waals surface area contributed by atoms with Gasteiger partial charge in [0.2, 0.25) is 0 Å². The Morgan fingerprint density at radius 3 is 2.77 bits per heavy atom. The highest BCUT2D eigenvalue weighted by Crippen LogP contribution is 2.31. The van der Waals surface area contributed by atoms with E-state index in [2.05, 4.69) is 6.58 Å². The van der Waals surface area contributed by atoms with Crippen LogP contribution in [0.4, 0.5) is 5.69 Å². The number of rotatable bonds is 8. The molecule has 1 aromatic rings. The monoisotopic (exact) mass is 360 g/mol. The first-order valence-electron chi connectivity index (χ1n) is 8.52. The lowest BCUT2D eigenvalue weighted by atomic mass is 10.2. The quantitative estimate of drug-likeness (QED) is 0.522. The summed E-state index contributed by atoms with van der Waals surface area (Å²) >= 11 is 0. The fourth-order valence-corrected chi connectivity index (χ4v) is 2.61. The van der Waals surface area contributed by atoms with E-state index in [1.807, 2.05) is 19.9 Å². The van der Waals surface area contributed by atoms with Crippen LogP contribution in [0.3, 0.4) is 0 Å². The van der Waals surface area contributed by atoms with Crippen LogP contribution < -0.4 is 9.64 Å². The van der Waals surface area contributed by atoms with E-state index < -0.39 is 5.97 Å². The molecule has 0 spiro atoms. The molecule has 140 valence electrons. The van der Waals surface area contributed by atoms with Crippen molar-refractivity contribution in [3.63, 3.8) is 0 Å². The van der Waals surface area contributed by atoms with Gasteiger partial charge in [-0.1, -0.05) is 24.3 Å². The van der Waals surface area contributed by atoms with Crippen molar-refractivity contribution in [3.8, 4) is 5.75 Å². The van der Waals surface area contributed by atoms with Crippen molar-refractivity contribution < 1.29 is 23.9 Å². The maximum absolute atomic E-state index is 12.1. The van der Waals surface area contributed by atoms with Gasteiger partial charge in [-0.3, -0.25) is 14.4 Å². The van der Waals surface area contributed by atoms with E-state index in [-0.39, 0.29) is 38.0 Å². The number of likely N-dealkylation sites (N-methyl/N-ethyl adjacent to an activating group) is 1. The second-order valence-electron chi connectivity index (χ2n) is 6.08. The molecule has 2 amide bonds. The Labute approximate surface area is 153 Å². The van der Waals surface area contributed by atoms with Crippen molar-refractivity contribution in [2.75, 3.05) is 37.7 Å². The number of ether oxygens (including phenoxy) is 2. The standard InChI is InChI=1S/C19H24N2O5/c1-4-20(11-14(2)3)17(22)12-26-19(24)9-10-21-15-7-5-6-8-16(15)25-13-18(21)23/h5-8H,2,4,9-13H2,1,3H3. The number of nitrogens with zero attached hydrogens (tertiary/aromatic N) is 2. The number of benzene rings is 1. The molecule has 7 nitrogen and oxygen atoms in total. The Morgan fingerprint density at radius 1 is 1.35 bits per heavy atom. The van der Waals surface area contributed by atoms with Crippen LogP contribution in [0.5, 0.6) is 5.75 Å². The molecule has 0 saturated carbocycles. The van der Waals surface area contributed by atoms with E-state index in [4.69, 9.17) is 9.47 Å². The molecule has 1 aliphatic rings. The molecule has 2 rings (SSSR count). The van der Waals surface area contributed by atoms with Crippen LogP contribution in [0, 0.1) is 0 Å². The van der Waals surface area contributed by atoms with E-state index in [1.165, 1.54) is 4.90 Å². The average Bonchev–Trinajstić information content (AvgIpc) is 2.63. The minimum Gasteiger partial charge on any atom is -0.482 e. The predicted octanol–water partition coefficient (Wildman–Crippen LogP) is 1.77. The molecular formula is C19H24N2O5. The third-order valence-corrected chi connectivity index (χ3v) is 3.90. The van der Waals surface area contributed by atoms with E-state index in [0.29, 0.717) is 24.5 Å². The number of carbonyl (C=O) groups excluding carboxylic acids is 3. The Kier molecular flexibility index (Phi) is 6.77. The number of fused-ring (bicyclic) bond motifs is 1. The van der Waals surface area contributed by atoms with Gasteiger partial charge < -0.3 is 19.3 Å². The number of hydrogen-bond donors (Lipinski definition) is 0. The van der Waals surface area contributed by atoms with E-state index in [9.17, 15) is 14.4 Å². The van der Waals surface area contributed by atoms with Crippen molar-refractivity contribution in [2.45, 2.75) is 20.3 Å². The first-order valence-corrected chi connectivity index (χ1v) is 8.52. The molecule has 1 heterocycles. The van der Waals surface area contributed by atoms with Crippen molar-refractivity contribution in [1.82, 2.24) is 4.90 Å². The SMILES string of the molecule is C=C(C)CN(CC)C(=O)COC(=O)CCN1C(=O)COc2ccccc21. The lowest BCUT2D eigenvalue weighted by molar-refractivity contribution is -0.151. The molecule has 0 fully saturated rings. The van der Waals surface area contributed by atoms with Gasteiger partial charge in [-0.2, -0.15) is 0 Å². The normalized spacial score (nSPS) is 12.8. The maximum Gasteiger partial charge on any atom is 0.308 e. The highest BCUT2D eigenvalue weighted by Gasteiger charge is 2.25. The maximum atomic E-state index is 12.1. The molecule has 7 heteroatoms. The predicted molar refractivity (Wildman–Crippen MR) is 96.9 cm³/mol. The van der Waals surface area contributed by atoms with Crippen molar-refractivity contribution in [3.05, 3.63) is 36.4 Å². The zero-order chi connectivity index (χ0) is 19.1. The summed E-state index contributed by atoms with van der Waals surface area (Å²) in [5, 5.41) is 0. The number of anilines is 1. The van der Waals surface area contributed by atoms with E-state index in [1.54, 1.807) is 23.1 Å². The van der Waals surface area contributed by atoms with Gasteiger partial charge in [0, 0.05) is 19.6 Å². The topological polar surface area (TPSA) is 76.2 Å². The summed E-state index contributed by atoms with van der Waals surface area (Å²) < 4.78 is 10.4. The number of para-hydroxylation sites is 2. The summed E-state index contributed by atoms with van der Waals surface area (Å²) in [4.78, 5) is 39.1. The molecule has 1 aromatic carbocycles. The molecule has 1 aliphatic heterocycles. The Hall–Kier alpha value is -2.83. The van der Waals surface area contributed by atoms with Gasteiger partial charge in [0.25, 0.3) is 11.8 Å². The highest BCUT2D eigenvalue weighted by molar-refractivity contribution is 5.98. The molecule has 0 N–H and O–H groups in total. The van der Waals surface area contributed by atoms with Gasteiger partial charge in [0.15, 0.2) is 13.2 Å². The fourth-order valence-electron chi connectivity index (χ4n) is 2.61. The van der Waals surface area contributed by atoms with E-state index in [0.717, 1.165) is 5.57 Å². The summed E-state index contributed by atoms with van der Waals surface area (Å²) in [5.41, 5.74) is 1.49. The highest BCUT2D eigenvalue weighted by atomic mass is 16.5. The fraction of sp³-hybridized carbons (Fsp3) is 0.421. The summed E-state index contributed by atoms with van der Waals surface area (Å²) in [7, 11) is 0. The summed E-state index contributed by atoms with van der Waals surface area (Å²) in [6, 6.07) is 7.15. The molecule has 26 heavy (non-hydrogen) atoms. The summed E-state index contributed by atoms with van der Waals surface area (Å²) in [6.07, 6.45) is -0.0000343. The van der Waals surface area contributed by atoms with Crippen LogP contribution in [0.25, 0.3) is 0 Å². The van der Waals surface area contributed by atoms with Crippen LogP contribution in [-0.2, 0) is 19.1 Å². The summed E-state index contributed by atoms with van der Waals surface area (Å²) in [5.74, 6) is -0.404. The first-order chi connectivity index (χ1) is 12.4. The molecule has 0 unspecified atom stereocenters. The van der Waals surface area contributed by atoms with Crippen molar-refractivity contribution in [2.24, 2.45) is 0 Å². The lowest BCUT2D eigenvalue weighted by Gasteiger charge is -2.29. The molecule has 0 atom stereocenters. The van der Waals surface area contributed by atoms with Crippen LogP contribution in [0.1, 0.15) is 20.3 Å². The zero-order valence-electron chi connectivity index (χ0n) is 15.2.